The third kappa shape index (κ3) is 6.87. The molecule has 2 N–H and O–H groups in total. The van der Waals surface area contributed by atoms with Crippen LogP contribution < -0.4 is 5.73 Å². The van der Waals surface area contributed by atoms with Crippen LogP contribution in [-0.4, -0.2) is 124 Å². The highest BCUT2D eigenvalue weighted by atomic mass is 19.1. The molecule has 2 amide bonds. The molecule has 49 heavy (non-hydrogen) atoms. The maximum absolute atomic E-state index is 14.6. The van der Waals surface area contributed by atoms with Crippen LogP contribution >= 0.6 is 0 Å². The van der Waals surface area contributed by atoms with Gasteiger partial charge in [-0.1, -0.05) is 19.9 Å². The molecule has 0 unspecified atom stereocenters. The fourth-order valence-corrected chi connectivity index (χ4v) is 8.14. The number of fused-ring (bicyclic) bond motifs is 1. The van der Waals surface area contributed by atoms with Crippen molar-refractivity contribution in [1.82, 2.24) is 29.0 Å². The monoisotopic (exact) mass is 675 g/mol. The quantitative estimate of drug-likeness (QED) is 0.287. The van der Waals surface area contributed by atoms with E-state index in [9.17, 15) is 14.0 Å². The molecule has 10 nitrogen and oxygen atoms in total. The van der Waals surface area contributed by atoms with Crippen LogP contribution in [0.3, 0.4) is 0 Å². The third-order valence-electron chi connectivity index (χ3n) is 11.3. The number of carbonyl (C=O) groups excluding carboxylic acids is 2. The maximum Gasteiger partial charge on any atom is 0.254 e. The van der Waals surface area contributed by atoms with Crippen molar-refractivity contribution in [3.8, 4) is 11.1 Å². The summed E-state index contributed by atoms with van der Waals surface area (Å²) in [6, 6.07) is 7.28. The highest BCUT2D eigenvalue weighted by Crippen LogP contribution is 2.37. The molecule has 1 aromatic carbocycles. The number of likely N-dealkylation sites (tertiary alicyclic amines) is 1. The van der Waals surface area contributed by atoms with Crippen molar-refractivity contribution in [2.75, 3.05) is 65.6 Å². The van der Waals surface area contributed by atoms with Crippen molar-refractivity contribution in [3.63, 3.8) is 0 Å². The number of amides is 2. The predicted octanol–water partition coefficient (Wildman–Crippen LogP) is 4.40. The van der Waals surface area contributed by atoms with Gasteiger partial charge >= 0.3 is 0 Å². The molecular formula is C38H54FN7O3. The van der Waals surface area contributed by atoms with Crippen LogP contribution in [-0.2, 0) is 9.53 Å². The molecule has 11 heteroatoms. The van der Waals surface area contributed by atoms with Gasteiger partial charge in [-0.3, -0.25) is 19.4 Å². The molecule has 5 heterocycles. The zero-order chi connectivity index (χ0) is 35.0. The van der Waals surface area contributed by atoms with E-state index in [2.05, 4.69) is 50.2 Å². The van der Waals surface area contributed by atoms with E-state index in [1.165, 1.54) is 17.7 Å². The minimum Gasteiger partial charge on any atom is -0.376 e. The molecule has 3 aromatic rings. The minimum absolute atomic E-state index is 0.000522. The van der Waals surface area contributed by atoms with E-state index in [4.69, 9.17) is 10.5 Å². The third-order valence-corrected chi connectivity index (χ3v) is 11.3. The van der Waals surface area contributed by atoms with E-state index in [1.54, 1.807) is 11.0 Å². The second-order valence-electron chi connectivity index (χ2n) is 14.9. The number of carbonyl (C=O) groups is 2. The van der Waals surface area contributed by atoms with Crippen LogP contribution in [0.1, 0.15) is 75.1 Å². The SMILES string of the molecule is CCN(C(=O)c1cc(F)ccc1-c1cc(C2CN([C@H](CCCN3CCN(C4(C(N)=O)COC4)CC3)C(C)C)C2)cn2c(C)ncc12)C(C)C. The number of ether oxygens (including phenoxy) is 1. The maximum atomic E-state index is 14.6. The number of hydrogen-bond donors (Lipinski definition) is 1. The van der Waals surface area contributed by atoms with E-state index in [0.29, 0.717) is 43.2 Å². The van der Waals surface area contributed by atoms with E-state index in [1.807, 2.05) is 33.9 Å². The first kappa shape index (κ1) is 35.4. The molecule has 0 spiro atoms. The highest BCUT2D eigenvalue weighted by molar-refractivity contribution is 6.03. The number of rotatable bonds is 13. The van der Waals surface area contributed by atoms with E-state index < -0.39 is 11.4 Å². The van der Waals surface area contributed by atoms with Crippen molar-refractivity contribution in [2.45, 2.75) is 77.9 Å². The fraction of sp³-hybridized carbons (Fsp3) is 0.605. The first-order valence-electron chi connectivity index (χ1n) is 18.1. The summed E-state index contributed by atoms with van der Waals surface area (Å²) in [7, 11) is 0. The number of primary amides is 1. The van der Waals surface area contributed by atoms with E-state index in [-0.39, 0.29) is 17.9 Å². The van der Waals surface area contributed by atoms with Crippen LogP contribution in [0.5, 0.6) is 0 Å². The largest absolute Gasteiger partial charge is 0.376 e. The molecule has 3 aliphatic heterocycles. The summed E-state index contributed by atoms with van der Waals surface area (Å²) in [6.45, 7) is 20.5. The number of benzene rings is 1. The van der Waals surface area contributed by atoms with Crippen LogP contribution in [0.15, 0.2) is 36.7 Å². The number of pyridine rings is 1. The van der Waals surface area contributed by atoms with Gasteiger partial charge in [-0.25, -0.2) is 9.37 Å². The van der Waals surface area contributed by atoms with Gasteiger partial charge in [0.15, 0.2) is 0 Å². The lowest BCUT2D eigenvalue weighted by atomic mass is 9.85. The standard InChI is InChI=1S/C38H54FN7O3/c1-7-45(26(4)5)36(47)33-18-30(39)10-11-31(33)32-17-28(22-46-27(6)41-19-35(32)46)29-20-43(21-29)34(25(2)3)9-8-12-42-13-15-44(16-14-42)38(37(40)48)23-49-24-38/h10-11,17-19,22,25-26,29,34H,7-9,12-16,20-21,23-24H2,1-6H3,(H2,40,48)/t34-/m1/s1. The Morgan fingerprint density at radius 2 is 1.80 bits per heavy atom. The van der Waals surface area contributed by atoms with Crippen molar-refractivity contribution in [3.05, 3.63) is 59.4 Å². The predicted molar refractivity (Wildman–Crippen MR) is 190 cm³/mol. The van der Waals surface area contributed by atoms with Crippen LogP contribution in [0.25, 0.3) is 16.6 Å². The number of nitrogens with zero attached hydrogens (tertiary/aromatic N) is 6. The van der Waals surface area contributed by atoms with Crippen LogP contribution in [0, 0.1) is 18.7 Å². The molecule has 0 aliphatic carbocycles. The zero-order valence-electron chi connectivity index (χ0n) is 30.1. The number of aromatic nitrogens is 2. The smallest absolute Gasteiger partial charge is 0.254 e. The van der Waals surface area contributed by atoms with E-state index in [0.717, 1.165) is 81.1 Å². The number of hydrogen-bond acceptors (Lipinski definition) is 7. The molecular weight excluding hydrogens is 621 g/mol. The summed E-state index contributed by atoms with van der Waals surface area (Å²) in [5.74, 6) is 0.932. The first-order chi connectivity index (χ1) is 23.4. The number of aryl methyl sites for hydroxylation is 1. The second kappa shape index (κ2) is 14.5. The summed E-state index contributed by atoms with van der Waals surface area (Å²) in [4.78, 5) is 39.6. The van der Waals surface area contributed by atoms with Crippen molar-refractivity contribution in [2.24, 2.45) is 11.7 Å². The van der Waals surface area contributed by atoms with Crippen molar-refractivity contribution < 1.29 is 18.7 Å². The van der Waals surface area contributed by atoms with Crippen LogP contribution in [0.2, 0.25) is 0 Å². The number of halogens is 1. The second-order valence-corrected chi connectivity index (χ2v) is 14.9. The van der Waals surface area contributed by atoms with Crippen molar-refractivity contribution in [1.29, 1.82) is 0 Å². The van der Waals surface area contributed by atoms with Gasteiger partial charge in [-0.2, -0.15) is 0 Å². The Hall–Kier alpha value is -3.38. The Labute approximate surface area is 290 Å². The lowest BCUT2D eigenvalue weighted by Gasteiger charge is -2.50. The molecule has 3 aliphatic rings. The number of imidazole rings is 1. The first-order valence-corrected chi connectivity index (χ1v) is 18.1. The average Bonchev–Trinajstić information content (AvgIpc) is 3.39. The average molecular weight is 676 g/mol. The Morgan fingerprint density at radius 1 is 1.08 bits per heavy atom. The van der Waals surface area contributed by atoms with Gasteiger partial charge in [0.1, 0.15) is 17.2 Å². The van der Waals surface area contributed by atoms with Gasteiger partial charge in [-0.15, -0.1) is 0 Å². The molecule has 6 rings (SSSR count). The normalized spacial score (nSPS) is 19.7. The summed E-state index contributed by atoms with van der Waals surface area (Å²) >= 11 is 0. The molecule has 3 fully saturated rings. The lowest BCUT2D eigenvalue weighted by Crippen LogP contribution is -2.71. The van der Waals surface area contributed by atoms with Crippen molar-refractivity contribution >= 4 is 17.3 Å². The Kier molecular flexibility index (Phi) is 10.5. The summed E-state index contributed by atoms with van der Waals surface area (Å²) < 4.78 is 22.1. The summed E-state index contributed by atoms with van der Waals surface area (Å²) in [5, 5.41) is 0. The molecule has 1 atom stereocenters. The highest BCUT2D eigenvalue weighted by Gasteiger charge is 2.50. The topological polar surface area (TPSA) is 99.7 Å². The molecule has 3 saturated heterocycles. The van der Waals surface area contributed by atoms with Gasteiger partial charge in [0, 0.05) is 75.6 Å². The lowest BCUT2D eigenvalue weighted by molar-refractivity contribution is -0.171. The van der Waals surface area contributed by atoms with E-state index >= 15 is 0 Å². The number of piperazine rings is 1. The summed E-state index contributed by atoms with van der Waals surface area (Å²) in [5.41, 5.74) is 9.28. The Bertz CT molecular complexity index is 1650. The minimum atomic E-state index is -0.604. The molecule has 0 saturated carbocycles. The molecule has 0 radical (unpaired) electrons. The van der Waals surface area contributed by atoms with Gasteiger partial charge in [0.25, 0.3) is 5.91 Å². The number of nitrogens with two attached hydrogens (primary N) is 1. The van der Waals surface area contributed by atoms with Gasteiger partial charge in [0.2, 0.25) is 5.91 Å². The molecule has 266 valence electrons. The Balaban J connectivity index is 1.13. The van der Waals surface area contributed by atoms with Gasteiger partial charge in [-0.05, 0) is 82.3 Å². The summed E-state index contributed by atoms with van der Waals surface area (Å²) in [6.07, 6.45) is 6.32. The van der Waals surface area contributed by atoms with Gasteiger partial charge in [0.05, 0.1) is 30.5 Å². The Morgan fingerprint density at radius 3 is 2.39 bits per heavy atom. The fourth-order valence-electron chi connectivity index (χ4n) is 8.14. The molecule has 0 bridgehead atoms. The van der Waals surface area contributed by atoms with Crippen LogP contribution in [0.4, 0.5) is 4.39 Å². The van der Waals surface area contributed by atoms with Gasteiger partial charge < -0.3 is 24.7 Å². The molecule has 2 aromatic heterocycles. The zero-order valence-corrected chi connectivity index (χ0v) is 30.1.